The van der Waals surface area contributed by atoms with Crippen molar-refractivity contribution < 1.29 is 0 Å². The summed E-state index contributed by atoms with van der Waals surface area (Å²) in [6.07, 6.45) is 0.592. The summed E-state index contributed by atoms with van der Waals surface area (Å²) in [5.41, 5.74) is 2.93. The van der Waals surface area contributed by atoms with Crippen LogP contribution in [0, 0.1) is 18.3 Å². The molecule has 4 aromatic rings. The molecular formula is C22H17N3OS2. The lowest BCUT2D eigenvalue weighted by Crippen LogP contribution is -2.22. The number of thiophene rings is 1. The lowest BCUT2D eigenvalue weighted by molar-refractivity contribution is 0.818. The maximum Gasteiger partial charge on any atom is 0.267 e. The Hall–Kier alpha value is -2.88. The largest absolute Gasteiger partial charge is 0.268 e. The molecule has 6 heteroatoms. The number of fused-ring (bicyclic) bond motifs is 1. The van der Waals surface area contributed by atoms with Gasteiger partial charge in [-0.3, -0.25) is 9.36 Å². The van der Waals surface area contributed by atoms with Gasteiger partial charge in [-0.25, -0.2) is 4.98 Å². The molecule has 2 aromatic heterocycles. The average Bonchev–Trinajstić information content (AvgIpc) is 3.19. The van der Waals surface area contributed by atoms with Crippen molar-refractivity contribution in [3.05, 3.63) is 87.5 Å². The van der Waals surface area contributed by atoms with E-state index in [1.54, 1.807) is 10.6 Å². The fourth-order valence-electron chi connectivity index (χ4n) is 2.96. The molecule has 2 aromatic carbocycles. The van der Waals surface area contributed by atoms with Crippen molar-refractivity contribution in [1.82, 2.24) is 9.55 Å². The lowest BCUT2D eigenvalue weighted by Gasteiger charge is -2.14. The molecule has 0 saturated heterocycles. The molecule has 4 nitrogen and oxygen atoms in total. The van der Waals surface area contributed by atoms with Gasteiger partial charge in [-0.05, 0) is 42.5 Å². The summed E-state index contributed by atoms with van der Waals surface area (Å²) in [5.74, 6) is 0. The Morgan fingerprint density at radius 3 is 2.61 bits per heavy atom. The van der Waals surface area contributed by atoms with Crippen LogP contribution in [0.3, 0.4) is 0 Å². The highest BCUT2D eigenvalue weighted by atomic mass is 32.2. The number of nitrogens with zero attached hydrogens (tertiary/aromatic N) is 3. The summed E-state index contributed by atoms with van der Waals surface area (Å²) in [6, 6.07) is 21.8. The molecule has 0 fully saturated rings. The third-order valence-corrected chi connectivity index (χ3v) is 6.26. The van der Waals surface area contributed by atoms with E-state index in [1.165, 1.54) is 28.7 Å². The fourth-order valence-corrected chi connectivity index (χ4v) is 4.79. The van der Waals surface area contributed by atoms with Gasteiger partial charge in [0, 0.05) is 0 Å². The van der Waals surface area contributed by atoms with Gasteiger partial charge in [0.2, 0.25) is 0 Å². The number of benzene rings is 2. The summed E-state index contributed by atoms with van der Waals surface area (Å²) in [6.45, 7) is 2.04. The van der Waals surface area contributed by atoms with E-state index >= 15 is 0 Å². The van der Waals surface area contributed by atoms with Crippen molar-refractivity contribution >= 4 is 33.3 Å². The standard InChI is InChI=1S/C22H17N3OS2/c1-15-7-9-16(10-8-15)13-18(14-23)28-22-24-20-19(11-12-27-20)21(26)25(22)17-5-3-2-4-6-17/h2-12,18H,13H2,1H3/t18-/m1/s1. The fraction of sp³-hybridized carbons (Fsp3) is 0.136. The van der Waals surface area contributed by atoms with E-state index in [0.29, 0.717) is 21.8 Å². The molecule has 1 atom stereocenters. The molecule has 0 spiro atoms. The molecule has 138 valence electrons. The van der Waals surface area contributed by atoms with Crippen LogP contribution >= 0.6 is 23.1 Å². The molecule has 0 radical (unpaired) electrons. The van der Waals surface area contributed by atoms with Gasteiger partial charge in [0.25, 0.3) is 5.56 Å². The van der Waals surface area contributed by atoms with Gasteiger partial charge in [-0.1, -0.05) is 59.8 Å². The van der Waals surface area contributed by atoms with Gasteiger partial charge >= 0.3 is 0 Å². The van der Waals surface area contributed by atoms with E-state index in [-0.39, 0.29) is 10.8 Å². The van der Waals surface area contributed by atoms with Crippen LogP contribution in [0.15, 0.2) is 76.0 Å². The first-order valence-corrected chi connectivity index (χ1v) is 10.6. The van der Waals surface area contributed by atoms with Crippen LogP contribution in [0.25, 0.3) is 15.9 Å². The average molecular weight is 404 g/mol. The monoisotopic (exact) mass is 403 g/mol. The zero-order valence-electron chi connectivity index (χ0n) is 15.2. The second-order valence-corrected chi connectivity index (χ2v) is 8.50. The van der Waals surface area contributed by atoms with Crippen LogP contribution in [0.1, 0.15) is 11.1 Å². The van der Waals surface area contributed by atoms with E-state index in [1.807, 2.05) is 66.9 Å². The molecule has 0 bridgehead atoms. The summed E-state index contributed by atoms with van der Waals surface area (Å²) in [4.78, 5) is 18.5. The molecule has 0 aliphatic carbocycles. The lowest BCUT2D eigenvalue weighted by atomic mass is 10.1. The molecule has 4 rings (SSSR count). The zero-order valence-corrected chi connectivity index (χ0v) is 16.8. The predicted molar refractivity (Wildman–Crippen MR) is 115 cm³/mol. The smallest absolute Gasteiger partial charge is 0.267 e. The highest BCUT2D eigenvalue weighted by Crippen LogP contribution is 2.28. The van der Waals surface area contributed by atoms with Crippen molar-refractivity contribution in [3.63, 3.8) is 0 Å². The molecule has 0 aliphatic heterocycles. The van der Waals surface area contributed by atoms with Crippen LogP contribution in [-0.2, 0) is 6.42 Å². The van der Waals surface area contributed by atoms with Crippen molar-refractivity contribution in [2.75, 3.05) is 0 Å². The van der Waals surface area contributed by atoms with Crippen LogP contribution < -0.4 is 5.56 Å². The number of aromatic nitrogens is 2. The number of thioether (sulfide) groups is 1. The summed E-state index contributed by atoms with van der Waals surface area (Å²) in [5, 5.41) is 12.4. The van der Waals surface area contributed by atoms with Crippen molar-refractivity contribution in [1.29, 1.82) is 5.26 Å². The SMILES string of the molecule is Cc1ccc(C[C@H](C#N)Sc2nc3sccc3c(=O)n2-c2ccccc2)cc1. The van der Waals surface area contributed by atoms with Crippen molar-refractivity contribution in [3.8, 4) is 11.8 Å². The predicted octanol–water partition coefficient (Wildman–Crippen LogP) is 4.98. The number of hydrogen-bond donors (Lipinski definition) is 0. The van der Waals surface area contributed by atoms with Gasteiger partial charge in [-0.2, -0.15) is 5.26 Å². The summed E-state index contributed by atoms with van der Waals surface area (Å²) < 4.78 is 1.61. The van der Waals surface area contributed by atoms with Gasteiger partial charge in [-0.15, -0.1) is 11.3 Å². The number of aryl methyl sites for hydroxylation is 1. The van der Waals surface area contributed by atoms with Gasteiger partial charge in [0.05, 0.1) is 17.1 Å². The maximum atomic E-state index is 13.1. The topological polar surface area (TPSA) is 58.7 Å². The molecule has 0 unspecified atom stereocenters. The van der Waals surface area contributed by atoms with Crippen LogP contribution in [-0.4, -0.2) is 14.8 Å². The third kappa shape index (κ3) is 3.72. The summed E-state index contributed by atoms with van der Waals surface area (Å²) in [7, 11) is 0. The number of rotatable bonds is 5. The molecular weight excluding hydrogens is 386 g/mol. The van der Waals surface area contributed by atoms with Gasteiger partial charge < -0.3 is 0 Å². The number of hydrogen-bond acceptors (Lipinski definition) is 5. The Bertz CT molecular complexity index is 1200. The molecule has 0 amide bonds. The highest BCUT2D eigenvalue weighted by molar-refractivity contribution is 8.00. The normalized spacial score (nSPS) is 12.0. The minimum Gasteiger partial charge on any atom is -0.268 e. The Kier molecular flexibility index (Phi) is 5.29. The van der Waals surface area contributed by atoms with E-state index in [4.69, 9.17) is 4.98 Å². The van der Waals surface area contributed by atoms with E-state index in [9.17, 15) is 10.1 Å². The van der Waals surface area contributed by atoms with E-state index in [2.05, 4.69) is 6.07 Å². The van der Waals surface area contributed by atoms with Crippen LogP contribution in [0.5, 0.6) is 0 Å². The number of nitriles is 1. The Morgan fingerprint density at radius 2 is 1.89 bits per heavy atom. The molecule has 2 heterocycles. The van der Waals surface area contributed by atoms with E-state index < -0.39 is 0 Å². The Morgan fingerprint density at radius 1 is 1.14 bits per heavy atom. The highest BCUT2D eigenvalue weighted by Gasteiger charge is 2.19. The molecule has 0 N–H and O–H groups in total. The third-order valence-electron chi connectivity index (χ3n) is 4.41. The van der Waals surface area contributed by atoms with Crippen LogP contribution in [0.2, 0.25) is 0 Å². The zero-order chi connectivity index (χ0) is 19.5. The molecule has 0 aliphatic rings. The number of para-hydroxylation sites is 1. The van der Waals surface area contributed by atoms with Crippen molar-refractivity contribution in [2.45, 2.75) is 23.8 Å². The van der Waals surface area contributed by atoms with E-state index in [0.717, 1.165) is 11.3 Å². The first kappa shape index (κ1) is 18.5. The second kappa shape index (κ2) is 8.01. The van der Waals surface area contributed by atoms with Crippen LogP contribution in [0.4, 0.5) is 0 Å². The second-order valence-electron chi connectivity index (χ2n) is 6.44. The Labute approximate surface area is 171 Å². The first-order chi connectivity index (χ1) is 13.7. The molecule has 28 heavy (non-hydrogen) atoms. The minimum atomic E-state index is -0.345. The van der Waals surface area contributed by atoms with Gasteiger partial charge in [0.1, 0.15) is 10.1 Å². The maximum absolute atomic E-state index is 13.1. The summed E-state index contributed by atoms with van der Waals surface area (Å²) >= 11 is 2.78. The quantitative estimate of drug-likeness (QED) is 0.348. The minimum absolute atomic E-state index is 0.105. The van der Waals surface area contributed by atoms with Gasteiger partial charge in [0.15, 0.2) is 5.16 Å². The molecule has 0 saturated carbocycles. The van der Waals surface area contributed by atoms with Crippen molar-refractivity contribution in [2.24, 2.45) is 0 Å². The first-order valence-electron chi connectivity index (χ1n) is 8.83. The Balaban J connectivity index is 1.75.